The van der Waals surface area contributed by atoms with Gasteiger partial charge in [-0.1, -0.05) is 0 Å². The Morgan fingerprint density at radius 3 is 2.82 bits per heavy atom. The van der Waals surface area contributed by atoms with Crippen molar-refractivity contribution in [2.45, 2.75) is 19.4 Å². The van der Waals surface area contributed by atoms with E-state index in [-0.39, 0.29) is 25.0 Å². The number of hydrogen-bond acceptors (Lipinski definition) is 3. The van der Waals surface area contributed by atoms with Crippen LogP contribution in [0.15, 0.2) is 22.8 Å². The summed E-state index contributed by atoms with van der Waals surface area (Å²) in [5.74, 6) is -0.270. The Bertz CT molecular complexity index is 375. The van der Waals surface area contributed by atoms with Gasteiger partial charge in [0.25, 0.3) is 0 Å². The highest BCUT2D eigenvalue weighted by Crippen LogP contribution is 2.12. The molecule has 0 fully saturated rings. The summed E-state index contributed by atoms with van der Waals surface area (Å²) in [6.07, 6.45) is 1.46. The first-order valence-corrected chi connectivity index (χ1v) is 5.27. The molecule has 1 rings (SSSR count). The van der Waals surface area contributed by atoms with Gasteiger partial charge in [-0.3, -0.25) is 4.79 Å². The number of urea groups is 1. The largest absolute Gasteiger partial charge is 0.481 e. The SMILES string of the molecule is CC(NC(=O)N(C)CCC(=O)O)c1ccco1. The van der Waals surface area contributed by atoms with Crippen molar-refractivity contribution in [1.82, 2.24) is 10.2 Å². The number of carbonyl (C=O) groups is 2. The predicted octanol–water partition coefficient (Wildman–Crippen LogP) is 1.46. The van der Waals surface area contributed by atoms with Crippen LogP contribution in [0, 0.1) is 0 Å². The maximum absolute atomic E-state index is 11.6. The van der Waals surface area contributed by atoms with E-state index in [4.69, 9.17) is 9.52 Å². The molecular weight excluding hydrogens is 224 g/mol. The van der Waals surface area contributed by atoms with E-state index in [2.05, 4.69) is 5.32 Å². The molecule has 6 heteroatoms. The maximum atomic E-state index is 11.6. The molecule has 0 aromatic carbocycles. The third-order valence-corrected chi connectivity index (χ3v) is 2.32. The van der Waals surface area contributed by atoms with Gasteiger partial charge in [-0.05, 0) is 19.1 Å². The number of aliphatic carboxylic acids is 1. The zero-order valence-electron chi connectivity index (χ0n) is 9.84. The summed E-state index contributed by atoms with van der Waals surface area (Å²) in [6.45, 7) is 1.97. The van der Waals surface area contributed by atoms with Crippen LogP contribution in [0.5, 0.6) is 0 Å². The zero-order valence-corrected chi connectivity index (χ0v) is 9.84. The van der Waals surface area contributed by atoms with Crippen molar-refractivity contribution in [3.8, 4) is 0 Å². The summed E-state index contributed by atoms with van der Waals surface area (Å²) in [6, 6.07) is 2.94. The first-order chi connectivity index (χ1) is 8.00. The van der Waals surface area contributed by atoms with Gasteiger partial charge in [0.05, 0.1) is 18.7 Å². The van der Waals surface area contributed by atoms with Gasteiger partial charge in [0.1, 0.15) is 5.76 Å². The molecule has 6 nitrogen and oxygen atoms in total. The van der Waals surface area contributed by atoms with Gasteiger partial charge in [-0.15, -0.1) is 0 Å². The number of carbonyl (C=O) groups excluding carboxylic acids is 1. The monoisotopic (exact) mass is 240 g/mol. The van der Waals surface area contributed by atoms with E-state index in [1.807, 2.05) is 0 Å². The number of furan rings is 1. The van der Waals surface area contributed by atoms with Gasteiger partial charge in [-0.2, -0.15) is 0 Å². The Hall–Kier alpha value is -1.98. The van der Waals surface area contributed by atoms with E-state index in [0.29, 0.717) is 5.76 Å². The van der Waals surface area contributed by atoms with Crippen molar-refractivity contribution < 1.29 is 19.1 Å². The van der Waals surface area contributed by atoms with Crippen LogP contribution >= 0.6 is 0 Å². The number of nitrogens with one attached hydrogen (secondary N) is 1. The van der Waals surface area contributed by atoms with E-state index in [1.165, 1.54) is 11.2 Å². The van der Waals surface area contributed by atoms with Gasteiger partial charge in [0.2, 0.25) is 0 Å². The van der Waals surface area contributed by atoms with Crippen LogP contribution in [0.25, 0.3) is 0 Å². The highest BCUT2D eigenvalue weighted by atomic mass is 16.4. The highest BCUT2D eigenvalue weighted by Gasteiger charge is 2.15. The van der Waals surface area contributed by atoms with Crippen LogP contribution in [0.4, 0.5) is 4.79 Å². The smallest absolute Gasteiger partial charge is 0.317 e. The Balaban J connectivity index is 2.40. The third-order valence-electron chi connectivity index (χ3n) is 2.32. The molecule has 0 aliphatic carbocycles. The van der Waals surface area contributed by atoms with E-state index < -0.39 is 5.97 Å². The Kier molecular flexibility index (Phi) is 4.56. The molecule has 0 aliphatic rings. The molecule has 1 atom stereocenters. The standard InChI is InChI=1S/C11H16N2O4/c1-8(9-4-3-7-17-9)12-11(16)13(2)6-5-10(14)15/h3-4,7-8H,5-6H2,1-2H3,(H,12,16)(H,14,15). The number of carboxylic acid groups (broad SMARTS) is 1. The Morgan fingerprint density at radius 2 is 2.29 bits per heavy atom. The molecule has 1 aromatic rings. The average Bonchev–Trinajstić information content (AvgIpc) is 2.78. The number of amides is 2. The van der Waals surface area contributed by atoms with Crippen molar-refractivity contribution in [1.29, 1.82) is 0 Å². The van der Waals surface area contributed by atoms with Crippen molar-refractivity contribution in [2.24, 2.45) is 0 Å². The minimum absolute atomic E-state index is 0.0704. The first-order valence-electron chi connectivity index (χ1n) is 5.27. The summed E-state index contributed by atoms with van der Waals surface area (Å²) < 4.78 is 5.15. The molecule has 0 aliphatic heterocycles. The van der Waals surface area contributed by atoms with E-state index >= 15 is 0 Å². The van der Waals surface area contributed by atoms with Gasteiger partial charge in [-0.25, -0.2) is 4.79 Å². The zero-order chi connectivity index (χ0) is 12.8. The molecule has 2 N–H and O–H groups in total. The van der Waals surface area contributed by atoms with Gasteiger partial charge >= 0.3 is 12.0 Å². The second-order valence-electron chi connectivity index (χ2n) is 3.75. The fraction of sp³-hybridized carbons (Fsp3) is 0.455. The molecule has 0 saturated carbocycles. The fourth-order valence-corrected chi connectivity index (χ4v) is 1.27. The van der Waals surface area contributed by atoms with Crippen LogP contribution in [0.2, 0.25) is 0 Å². The fourth-order valence-electron chi connectivity index (χ4n) is 1.27. The Morgan fingerprint density at radius 1 is 1.59 bits per heavy atom. The first kappa shape index (κ1) is 13.1. The summed E-state index contributed by atoms with van der Waals surface area (Å²) in [4.78, 5) is 23.3. The van der Waals surface area contributed by atoms with E-state index in [1.54, 1.807) is 26.1 Å². The maximum Gasteiger partial charge on any atom is 0.317 e. The predicted molar refractivity (Wildman–Crippen MR) is 60.5 cm³/mol. The lowest BCUT2D eigenvalue weighted by Gasteiger charge is -2.19. The topological polar surface area (TPSA) is 82.8 Å². The lowest BCUT2D eigenvalue weighted by atomic mass is 10.2. The minimum Gasteiger partial charge on any atom is -0.481 e. The van der Waals surface area contributed by atoms with Crippen molar-refractivity contribution in [3.63, 3.8) is 0 Å². The van der Waals surface area contributed by atoms with Gasteiger partial charge in [0, 0.05) is 13.6 Å². The molecule has 1 heterocycles. The second-order valence-corrected chi connectivity index (χ2v) is 3.75. The quantitative estimate of drug-likeness (QED) is 0.816. The van der Waals surface area contributed by atoms with Crippen LogP contribution in [-0.2, 0) is 4.79 Å². The Labute approximate surface area is 99.2 Å². The van der Waals surface area contributed by atoms with E-state index in [0.717, 1.165) is 0 Å². The van der Waals surface area contributed by atoms with Crippen molar-refractivity contribution in [3.05, 3.63) is 24.2 Å². The average molecular weight is 240 g/mol. The molecular formula is C11H16N2O4. The molecule has 94 valence electrons. The second kappa shape index (κ2) is 5.93. The van der Waals surface area contributed by atoms with Crippen molar-refractivity contribution in [2.75, 3.05) is 13.6 Å². The van der Waals surface area contributed by atoms with Gasteiger partial charge in [0.15, 0.2) is 0 Å². The highest BCUT2D eigenvalue weighted by molar-refractivity contribution is 5.75. The summed E-state index contributed by atoms with van der Waals surface area (Å²) >= 11 is 0. The molecule has 0 bridgehead atoms. The van der Waals surface area contributed by atoms with Crippen LogP contribution < -0.4 is 5.32 Å². The number of rotatable bonds is 5. The molecule has 17 heavy (non-hydrogen) atoms. The van der Waals surface area contributed by atoms with Crippen LogP contribution in [0.3, 0.4) is 0 Å². The number of carboxylic acids is 1. The molecule has 1 unspecified atom stereocenters. The van der Waals surface area contributed by atoms with E-state index in [9.17, 15) is 9.59 Å². The minimum atomic E-state index is -0.927. The van der Waals surface area contributed by atoms with Crippen LogP contribution in [0.1, 0.15) is 25.1 Å². The summed E-state index contributed by atoms with van der Waals surface area (Å²) in [5, 5.41) is 11.2. The molecule has 2 amide bonds. The third kappa shape index (κ3) is 4.18. The normalized spacial score (nSPS) is 11.9. The number of nitrogens with zero attached hydrogens (tertiary/aromatic N) is 1. The number of hydrogen-bond donors (Lipinski definition) is 2. The molecule has 0 saturated heterocycles. The molecule has 0 radical (unpaired) electrons. The summed E-state index contributed by atoms with van der Waals surface area (Å²) in [7, 11) is 1.55. The lowest BCUT2D eigenvalue weighted by Crippen LogP contribution is -2.39. The van der Waals surface area contributed by atoms with Crippen molar-refractivity contribution >= 4 is 12.0 Å². The van der Waals surface area contributed by atoms with Crippen LogP contribution in [-0.4, -0.2) is 35.6 Å². The lowest BCUT2D eigenvalue weighted by molar-refractivity contribution is -0.137. The molecule has 0 spiro atoms. The summed E-state index contributed by atoms with van der Waals surface area (Å²) in [5.41, 5.74) is 0. The van der Waals surface area contributed by atoms with Gasteiger partial charge < -0.3 is 19.7 Å². The molecule has 1 aromatic heterocycles.